The number of amides is 1. The van der Waals surface area contributed by atoms with E-state index in [-0.39, 0.29) is 30.3 Å². The summed E-state index contributed by atoms with van der Waals surface area (Å²) in [7, 11) is 1.28. The Hall–Kier alpha value is -3.03. The van der Waals surface area contributed by atoms with Crippen molar-refractivity contribution in [1.82, 2.24) is 15.1 Å². The van der Waals surface area contributed by atoms with Gasteiger partial charge in [0.15, 0.2) is 5.69 Å². The number of aryl methyl sites for hydroxylation is 1. The van der Waals surface area contributed by atoms with Crippen molar-refractivity contribution in [3.63, 3.8) is 0 Å². The summed E-state index contributed by atoms with van der Waals surface area (Å²) < 4.78 is 19.7. The standard InChI is InChI=1S/C17H18FN3O4/c1-11-10-14(22)16(17(24)19-9-5-8-15(23)25-2)20-21(11)13-7-4-3-6-12(13)18/h3-4,6-7,10H,5,8-9H2,1-2H3,(H,19,24). The van der Waals surface area contributed by atoms with E-state index in [4.69, 9.17) is 0 Å². The van der Waals surface area contributed by atoms with Gasteiger partial charge in [0.1, 0.15) is 11.5 Å². The number of hydrogen-bond acceptors (Lipinski definition) is 5. The van der Waals surface area contributed by atoms with Gasteiger partial charge < -0.3 is 10.1 Å². The lowest BCUT2D eigenvalue weighted by atomic mass is 10.2. The first-order valence-electron chi connectivity index (χ1n) is 7.65. The summed E-state index contributed by atoms with van der Waals surface area (Å²) in [6.45, 7) is 1.78. The molecular formula is C17H18FN3O4. The van der Waals surface area contributed by atoms with E-state index in [1.54, 1.807) is 13.0 Å². The molecule has 2 rings (SSSR count). The fraction of sp³-hybridized carbons (Fsp3) is 0.294. The van der Waals surface area contributed by atoms with E-state index < -0.39 is 17.2 Å². The van der Waals surface area contributed by atoms with Gasteiger partial charge in [0.25, 0.3) is 5.91 Å². The summed E-state index contributed by atoms with van der Waals surface area (Å²) in [5.74, 6) is -1.59. The van der Waals surface area contributed by atoms with Gasteiger partial charge in [-0.05, 0) is 25.5 Å². The number of rotatable bonds is 6. The highest BCUT2D eigenvalue weighted by Crippen LogP contribution is 2.13. The molecule has 7 nitrogen and oxygen atoms in total. The third-order valence-electron chi connectivity index (χ3n) is 3.47. The first-order chi connectivity index (χ1) is 11.9. The predicted octanol–water partition coefficient (Wildman–Crippen LogP) is 1.36. The summed E-state index contributed by atoms with van der Waals surface area (Å²) in [5, 5.41) is 6.51. The van der Waals surface area contributed by atoms with Crippen LogP contribution in [0.5, 0.6) is 0 Å². The van der Waals surface area contributed by atoms with E-state index in [0.717, 1.165) is 0 Å². The molecule has 1 aromatic heterocycles. The van der Waals surface area contributed by atoms with Gasteiger partial charge in [0, 0.05) is 24.7 Å². The van der Waals surface area contributed by atoms with Crippen LogP contribution >= 0.6 is 0 Å². The average molecular weight is 347 g/mol. The molecule has 0 spiro atoms. The second-order valence-corrected chi connectivity index (χ2v) is 5.30. The van der Waals surface area contributed by atoms with Crippen LogP contribution in [0, 0.1) is 12.7 Å². The zero-order valence-electron chi connectivity index (χ0n) is 13.9. The lowest BCUT2D eigenvalue weighted by molar-refractivity contribution is -0.140. The molecule has 132 valence electrons. The van der Waals surface area contributed by atoms with Crippen LogP contribution in [0.1, 0.15) is 29.0 Å². The van der Waals surface area contributed by atoms with Gasteiger partial charge in [-0.3, -0.25) is 14.4 Å². The number of hydrogen-bond donors (Lipinski definition) is 1. The molecule has 1 amide bonds. The molecule has 8 heteroatoms. The maximum Gasteiger partial charge on any atom is 0.305 e. The Morgan fingerprint density at radius 1 is 1.32 bits per heavy atom. The van der Waals surface area contributed by atoms with Crippen molar-refractivity contribution in [2.45, 2.75) is 19.8 Å². The number of nitrogens with one attached hydrogen (secondary N) is 1. The minimum absolute atomic E-state index is 0.139. The third-order valence-corrected chi connectivity index (χ3v) is 3.47. The molecule has 25 heavy (non-hydrogen) atoms. The van der Waals surface area contributed by atoms with E-state index >= 15 is 0 Å². The molecule has 0 bridgehead atoms. The Labute approximate surface area is 143 Å². The number of carbonyl (C=O) groups excluding carboxylic acids is 2. The van der Waals surface area contributed by atoms with Gasteiger partial charge in [-0.25, -0.2) is 9.07 Å². The van der Waals surface area contributed by atoms with Gasteiger partial charge >= 0.3 is 5.97 Å². The Bertz CT molecular complexity index is 848. The quantitative estimate of drug-likeness (QED) is 0.629. The summed E-state index contributed by atoms with van der Waals surface area (Å²) >= 11 is 0. The first kappa shape index (κ1) is 18.3. The number of esters is 1. The Kier molecular flexibility index (Phi) is 5.99. The highest BCUT2D eigenvalue weighted by Gasteiger charge is 2.16. The summed E-state index contributed by atoms with van der Waals surface area (Å²) in [6, 6.07) is 7.15. The number of para-hydroxylation sites is 1. The van der Waals surface area contributed by atoms with Crippen LogP contribution < -0.4 is 10.7 Å². The number of ether oxygens (including phenoxy) is 1. The van der Waals surface area contributed by atoms with Crippen LogP contribution in [0.3, 0.4) is 0 Å². The largest absolute Gasteiger partial charge is 0.469 e. The molecule has 0 radical (unpaired) electrons. The number of aromatic nitrogens is 2. The summed E-state index contributed by atoms with van der Waals surface area (Å²) in [5.41, 5.74) is -0.362. The highest BCUT2D eigenvalue weighted by molar-refractivity contribution is 5.92. The van der Waals surface area contributed by atoms with Crippen LogP contribution in [0.25, 0.3) is 5.69 Å². The second kappa shape index (κ2) is 8.18. The van der Waals surface area contributed by atoms with Crippen molar-refractivity contribution in [3.8, 4) is 5.69 Å². The Morgan fingerprint density at radius 3 is 2.72 bits per heavy atom. The average Bonchev–Trinajstić information content (AvgIpc) is 2.59. The predicted molar refractivity (Wildman–Crippen MR) is 88.1 cm³/mol. The number of benzene rings is 1. The van der Waals surface area contributed by atoms with Crippen molar-refractivity contribution < 1.29 is 18.7 Å². The van der Waals surface area contributed by atoms with Crippen molar-refractivity contribution in [2.24, 2.45) is 0 Å². The van der Waals surface area contributed by atoms with Gasteiger partial charge in [0.2, 0.25) is 5.43 Å². The van der Waals surface area contributed by atoms with Crippen molar-refractivity contribution in [3.05, 3.63) is 57.8 Å². The van der Waals surface area contributed by atoms with Crippen molar-refractivity contribution >= 4 is 11.9 Å². The maximum absolute atomic E-state index is 14.0. The van der Waals surface area contributed by atoms with Crippen LogP contribution in [-0.4, -0.2) is 35.3 Å². The fourth-order valence-corrected chi connectivity index (χ4v) is 2.19. The van der Waals surface area contributed by atoms with Crippen molar-refractivity contribution in [2.75, 3.05) is 13.7 Å². The SMILES string of the molecule is COC(=O)CCCNC(=O)c1nn(-c2ccccc2F)c(C)cc1=O. The summed E-state index contributed by atoms with van der Waals surface area (Å²) in [6.07, 6.45) is 0.517. The lowest BCUT2D eigenvalue weighted by Crippen LogP contribution is -2.32. The molecule has 0 fully saturated rings. The molecule has 0 aliphatic heterocycles. The minimum Gasteiger partial charge on any atom is -0.469 e. The fourth-order valence-electron chi connectivity index (χ4n) is 2.19. The smallest absolute Gasteiger partial charge is 0.305 e. The second-order valence-electron chi connectivity index (χ2n) is 5.30. The number of carbonyl (C=O) groups is 2. The molecule has 0 unspecified atom stereocenters. The molecule has 1 heterocycles. The van der Waals surface area contributed by atoms with E-state index in [9.17, 15) is 18.8 Å². The highest BCUT2D eigenvalue weighted by atomic mass is 19.1. The van der Waals surface area contributed by atoms with E-state index in [2.05, 4.69) is 15.2 Å². The van der Waals surface area contributed by atoms with Crippen LogP contribution in [0.15, 0.2) is 35.1 Å². The zero-order valence-corrected chi connectivity index (χ0v) is 13.9. The molecule has 0 saturated carbocycles. The van der Waals surface area contributed by atoms with Gasteiger partial charge in [-0.1, -0.05) is 12.1 Å². The molecule has 1 aromatic carbocycles. The zero-order chi connectivity index (χ0) is 18.4. The topological polar surface area (TPSA) is 90.3 Å². The Balaban J connectivity index is 2.20. The van der Waals surface area contributed by atoms with E-state index in [1.807, 2.05) is 0 Å². The minimum atomic E-state index is -0.681. The van der Waals surface area contributed by atoms with Gasteiger partial charge in [-0.15, -0.1) is 0 Å². The monoisotopic (exact) mass is 347 g/mol. The van der Waals surface area contributed by atoms with Gasteiger partial charge in [-0.2, -0.15) is 5.10 Å². The lowest BCUT2D eigenvalue weighted by Gasteiger charge is -2.12. The van der Waals surface area contributed by atoms with Gasteiger partial charge in [0.05, 0.1) is 7.11 Å². The maximum atomic E-state index is 14.0. The van der Waals surface area contributed by atoms with Crippen LogP contribution in [0.4, 0.5) is 4.39 Å². The number of halogens is 1. The molecule has 0 atom stereocenters. The molecule has 1 N–H and O–H groups in total. The molecule has 0 aliphatic carbocycles. The van der Waals surface area contributed by atoms with Crippen LogP contribution in [0.2, 0.25) is 0 Å². The molecular weight excluding hydrogens is 329 g/mol. The first-order valence-corrected chi connectivity index (χ1v) is 7.65. The number of nitrogens with zero attached hydrogens (tertiary/aromatic N) is 2. The van der Waals surface area contributed by atoms with E-state index in [0.29, 0.717) is 12.1 Å². The molecule has 0 saturated heterocycles. The Morgan fingerprint density at radius 2 is 2.04 bits per heavy atom. The molecule has 0 aliphatic rings. The van der Waals surface area contributed by atoms with E-state index in [1.165, 1.54) is 36.1 Å². The summed E-state index contributed by atoms with van der Waals surface area (Å²) in [4.78, 5) is 35.2. The van der Waals surface area contributed by atoms with Crippen molar-refractivity contribution in [1.29, 1.82) is 0 Å². The molecule has 2 aromatic rings. The van der Waals surface area contributed by atoms with Crippen LogP contribution in [-0.2, 0) is 9.53 Å². The normalized spacial score (nSPS) is 10.4. The number of methoxy groups -OCH3 is 1. The third kappa shape index (κ3) is 4.50.